The molecule has 206 valence electrons. The standard InChI is InChI=1S/C37H34O4/c1-9-33(38)40-35-23(5)21(3)19-31(25(35)7)37(29-17-13-11-15-27(29)28-16-12-14-18-30(28)37)32-20-22(4)24(6)36(26(32)8)41-34(39)10-2/h9-20H,1-2H2,3-8H3. The Morgan fingerprint density at radius 1 is 0.585 bits per heavy atom. The van der Waals surface area contributed by atoms with Crippen LogP contribution in [0.15, 0.2) is 86.0 Å². The fourth-order valence-corrected chi connectivity index (χ4v) is 6.36. The highest BCUT2D eigenvalue weighted by Gasteiger charge is 2.48. The van der Waals surface area contributed by atoms with Crippen molar-refractivity contribution in [3.05, 3.63) is 142 Å². The van der Waals surface area contributed by atoms with Crippen molar-refractivity contribution in [2.75, 3.05) is 0 Å². The van der Waals surface area contributed by atoms with Gasteiger partial charge in [0.2, 0.25) is 0 Å². The summed E-state index contributed by atoms with van der Waals surface area (Å²) in [6.45, 7) is 19.2. The van der Waals surface area contributed by atoms with Crippen molar-refractivity contribution in [1.82, 2.24) is 0 Å². The summed E-state index contributed by atoms with van der Waals surface area (Å²) in [6.07, 6.45) is 2.37. The predicted octanol–water partition coefficient (Wildman–Crippen LogP) is 8.08. The van der Waals surface area contributed by atoms with Crippen LogP contribution < -0.4 is 9.47 Å². The molecule has 4 aromatic rings. The quantitative estimate of drug-likeness (QED) is 0.124. The minimum Gasteiger partial charge on any atom is -0.423 e. The molecule has 5 rings (SSSR count). The van der Waals surface area contributed by atoms with Crippen LogP contribution in [0.4, 0.5) is 0 Å². The largest absolute Gasteiger partial charge is 0.423 e. The third-order valence-corrected chi connectivity index (χ3v) is 8.57. The first kappa shape index (κ1) is 27.9. The van der Waals surface area contributed by atoms with E-state index in [0.717, 1.165) is 66.8 Å². The van der Waals surface area contributed by atoms with Crippen molar-refractivity contribution in [1.29, 1.82) is 0 Å². The number of fused-ring (bicyclic) bond motifs is 3. The van der Waals surface area contributed by atoms with Gasteiger partial charge in [-0.25, -0.2) is 9.59 Å². The highest BCUT2D eigenvalue weighted by Crippen LogP contribution is 2.59. The molecule has 0 amide bonds. The maximum absolute atomic E-state index is 12.5. The van der Waals surface area contributed by atoms with E-state index in [1.54, 1.807) is 0 Å². The Labute approximate surface area is 242 Å². The van der Waals surface area contributed by atoms with Crippen LogP contribution in [-0.2, 0) is 15.0 Å². The average Bonchev–Trinajstić information content (AvgIpc) is 3.27. The minimum absolute atomic E-state index is 0.505. The number of carbonyl (C=O) groups is 2. The van der Waals surface area contributed by atoms with Gasteiger partial charge in [0.15, 0.2) is 0 Å². The zero-order chi connectivity index (χ0) is 29.6. The van der Waals surface area contributed by atoms with E-state index in [1.807, 2.05) is 41.5 Å². The molecular weight excluding hydrogens is 508 g/mol. The van der Waals surface area contributed by atoms with Gasteiger partial charge in [0.25, 0.3) is 0 Å². The lowest BCUT2D eigenvalue weighted by Crippen LogP contribution is -2.31. The Balaban J connectivity index is 2.01. The molecule has 0 unspecified atom stereocenters. The maximum Gasteiger partial charge on any atom is 0.335 e. The van der Waals surface area contributed by atoms with E-state index in [1.165, 1.54) is 12.2 Å². The van der Waals surface area contributed by atoms with E-state index in [2.05, 4.69) is 73.8 Å². The summed E-state index contributed by atoms with van der Waals surface area (Å²) in [7, 11) is 0. The van der Waals surface area contributed by atoms with E-state index in [0.29, 0.717) is 11.5 Å². The van der Waals surface area contributed by atoms with Crippen LogP contribution in [0.1, 0.15) is 55.6 Å². The first-order valence-corrected chi connectivity index (χ1v) is 13.7. The molecule has 0 atom stereocenters. The molecule has 4 nitrogen and oxygen atoms in total. The second-order valence-corrected chi connectivity index (χ2v) is 10.7. The number of ether oxygens (including phenoxy) is 2. The van der Waals surface area contributed by atoms with Gasteiger partial charge in [-0.15, -0.1) is 0 Å². The fraction of sp³-hybridized carbons (Fsp3) is 0.189. The lowest BCUT2D eigenvalue weighted by Gasteiger charge is -2.38. The van der Waals surface area contributed by atoms with Gasteiger partial charge < -0.3 is 9.47 Å². The molecule has 0 aliphatic heterocycles. The summed E-state index contributed by atoms with van der Waals surface area (Å²) in [5.74, 6) is 0.0573. The van der Waals surface area contributed by atoms with Gasteiger partial charge in [-0.3, -0.25) is 0 Å². The van der Waals surface area contributed by atoms with Crippen LogP contribution in [0.25, 0.3) is 11.1 Å². The number of hydrogen-bond acceptors (Lipinski definition) is 4. The lowest BCUT2D eigenvalue weighted by molar-refractivity contribution is -0.129. The average molecular weight is 543 g/mol. The van der Waals surface area contributed by atoms with E-state index in [4.69, 9.17) is 9.47 Å². The van der Waals surface area contributed by atoms with Gasteiger partial charge >= 0.3 is 11.9 Å². The van der Waals surface area contributed by atoms with Gasteiger partial charge in [0.05, 0.1) is 5.41 Å². The van der Waals surface area contributed by atoms with Crippen molar-refractivity contribution in [2.24, 2.45) is 0 Å². The van der Waals surface area contributed by atoms with Crippen molar-refractivity contribution >= 4 is 11.9 Å². The summed E-state index contributed by atoms with van der Waals surface area (Å²) < 4.78 is 11.8. The van der Waals surface area contributed by atoms with E-state index in [-0.39, 0.29) is 0 Å². The van der Waals surface area contributed by atoms with Crippen LogP contribution in [0.3, 0.4) is 0 Å². The molecule has 1 aliphatic rings. The SMILES string of the molecule is C=CC(=O)Oc1c(C)c(C)cc(C2(c3cc(C)c(C)c(OC(=O)C=C)c3C)c3ccccc3-c3ccccc32)c1C. The number of aryl methyl sites for hydroxylation is 2. The van der Waals surface area contributed by atoms with Gasteiger partial charge in [-0.05, 0) is 108 Å². The van der Waals surface area contributed by atoms with Crippen molar-refractivity contribution in [3.8, 4) is 22.6 Å². The van der Waals surface area contributed by atoms with E-state index >= 15 is 0 Å². The van der Waals surface area contributed by atoms with Crippen LogP contribution >= 0.6 is 0 Å². The van der Waals surface area contributed by atoms with Crippen LogP contribution in [0, 0.1) is 41.5 Å². The maximum atomic E-state index is 12.5. The number of rotatable bonds is 6. The van der Waals surface area contributed by atoms with Gasteiger partial charge in [0, 0.05) is 12.2 Å². The number of esters is 2. The highest BCUT2D eigenvalue weighted by molar-refractivity contribution is 5.89. The van der Waals surface area contributed by atoms with Crippen molar-refractivity contribution < 1.29 is 19.1 Å². The van der Waals surface area contributed by atoms with Gasteiger partial charge in [-0.1, -0.05) is 73.8 Å². The predicted molar refractivity (Wildman–Crippen MR) is 164 cm³/mol. The second-order valence-electron chi connectivity index (χ2n) is 10.7. The monoisotopic (exact) mass is 542 g/mol. The molecule has 0 fully saturated rings. The first-order valence-electron chi connectivity index (χ1n) is 13.7. The zero-order valence-electron chi connectivity index (χ0n) is 24.5. The Kier molecular flexibility index (Phi) is 7.04. The Hall–Kier alpha value is -4.70. The molecular formula is C37H34O4. The third-order valence-electron chi connectivity index (χ3n) is 8.57. The smallest absolute Gasteiger partial charge is 0.335 e. The Bertz CT molecular complexity index is 1640. The molecule has 0 aromatic heterocycles. The third kappa shape index (κ3) is 4.13. The van der Waals surface area contributed by atoms with Crippen LogP contribution in [0.2, 0.25) is 0 Å². The molecule has 0 spiro atoms. The summed E-state index contributed by atoms with van der Waals surface area (Å²) in [6, 6.07) is 21.3. The normalized spacial score (nSPS) is 12.7. The molecule has 4 aromatic carbocycles. The molecule has 0 radical (unpaired) electrons. The summed E-state index contributed by atoms with van der Waals surface area (Å²) >= 11 is 0. The van der Waals surface area contributed by atoms with E-state index < -0.39 is 17.4 Å². The number of hydrogen-bond donors (Lipinski definition) is 0. The Morgan fingerprint density at radius 2 is 0.951 bits per heavy atom. The number of carbonyl (C=O) groups excluding carboxylic acids is 2. The molecule has 0 bridgehead atoms. The van der Waals surface area contributed by atoms with Gasteiger partial charge in [-0.2, -0.15) is 0 Å². The van der Waals surface area contributed by atoms with Crippen LogP contribution in [-0.4, -0.2) is 11.9 Å². The van der Waals surface area contributed by atoms with Crippen molar-refractivity contribution in [2.45, 2.75) is 47.0 Å². The number of benzene rings is 4. The summed E-state index contributed by atoms with van der Waals surface area (Å²) in [5.41, 5.74) is 11.2. The van der Waals surface area contributed by atoms with Gasteiger partial charge in [0.1, 0.15) is 11.5 Å². The fourth-order valence-electron chi connectivity index (χ4n) is 6.36. The summed E-state index contributed by atoms with van der Waals surface area (Å²) in [5, 5.41) is 0. The van der Waals surface area contributed by atoms with E-state index in [9.17, 15) is 9.59 Å². The Morgan fingerprint density at radius 3 is 1.32 bits per heavy atom. The lowest BCUT2D eigenvalue weighted by atomic mass is 9.64. The molecule has 0 saturated carbocycles. The van der Waals surface area contributed by atoms with Crippen LogP contribution in [0.5, 0.6) is 11.5 Å². The molecule has 0 heterocycles. The summed E-state index contributed by atoms with van der Waals surface area (Å²) in [4.78, 5) is 25.0. The molecule has 41 heavy (non-hydrogen) atoms. The molecule has 0 N–H and O–H groups in total. The topological polar surface area (TPSA) is 52.6 Å². The highest BCUT2D eigenvalue weighted by atomic mass is 16.5. The minimum atomic E-state index is -0.789. The van der Waals surface area contributed by atoms with Crippen molar-refractivity contribution in [3.63, 3.8) is 0 Å². The molecule has 0 saturated heterocycles. The zero-order valence-corrected chi connectivity index (χ0v) is 24.5. The molecule has 1 aliphatic carbocycles. The second kappa shape index (κ2) is 10.4. The first-order chi connectivity index (χ1) is 19.6. The molecule has 4 heteroatoms.